The largest absolute Gasteiger partial charge is 0.333 e. The van der Waals surface area contributed by atoms with E-state index in [9.17, 15) is 4.79 Å². The number of benzene rings is 1. The van der Waals surface area contributed by atoms with Crippen LogP contribution in [0.15, 0.2) is 41.8 Å². The number of amides is 1. The van der Waals surface area contributed by atoms with Crippen LogP contribution in [0, 0.1) is 0 Å². The molecule has 1 saturated heterocycles. The maximum Gasteiger partial charge on any atom is 0.246 e. The van der Waals surface area contributed by atoms with E-state index < -0.39 is 0 Å². The second-order valence-corrected chi connectivity index (χ2v) is 7.33. The first kappa shape index (κ1) is 16.2. The summed E-state index contributed by atoms with van der Waals surface area (Å²) in [5, 5.41) is 15.1. The van der Waals surface area contributed by atoms with Crippen molar-refractivity contribution >= 4 is 28.8 Å². The second-order valence-electron chi connectivity index (χ2n) is 5.91. The molecule has 0 aliphatic carbocycles. The molecule has 1 atom stereocenters. The molecule has 1 aliphatic rings. The first-order valence-electron chi connectivity index (χ1n) is 8.07. The van der Waals surface area contributed by atoms with Crippen molar-refractivity contribution in [3.63, 3.8) is 0 Å². The summed E-state index contributed by atoms with van der Waals surface area (Å²) in [6.07, 6.45) is 2.03. The fraction of sp³-hybridized carbons (Fsp3) is 0.294. The highest BCUT2D eigenvalue weighted by Gasteiger charge is 2.30. The van der Waals surface area contributed by atoms with Crippen LogP contribution in [0.1, 0.15) is 23.8 Å². The summed E-state index contributed by atoms with van der Waals surface area (Å²) in [4.78, 5) is 17.2. The van der Waals surface area contributed by atoms with Crippen molar-refractivity contribution in [2.75, 3.05) is 6.54 Å². The highest BCUT2D eigenvalue weighted by Crippen LogP contribution is 2.34. The van der Waals surface area contributed by atoms with Gasteiger partial charge in [0.25, 0.3) is 0 Å². The number of thiophene rings is 1. The van der Waals surface area contributed by atoms with Crippen LogP contribution in [0.2, 0.25) is 5.02 Å². The summed E-state index contributed by atoms with van der Waals surface area (Å²) in [7, 11) is 0. The lowest BCUT2D eigenvalue weighted by molar-refractivity contribution is -0.133. The van der Waals surface area contributed by atoms with Gasteiger partial charge >= 0.3 is 0 Å². The van der Waals surface area contributed by atoms with Crippen LogP contribution in [0.3, 0.4) is 0 Å². The molecule has 25 heavy (non-hydrogen) atoms. The van der Waals surface area contributed by atoms with Crippen molar-refractivity contribution in [2.24, 2.45) is 0 Å². The minimum absolute atomic E-state index is 0.0240. The summed E-state index contributed by atoms with van der Waals surface area (Å²) >= 11 is 7.59. The van der Waals surface area contributed by atoms with Gasteiger partial charge in [-0.1, -0.05) is 17.7 Å². The molecule has 2 aromatic heterocycles. The molecule has 3 heterocycles. The smallest absolute Gasteiger partial charge is 0.246 e. The molecule has 6 nitrogen and oxygen atoms in total. The number of carbonyl (C=O) groups excluding carboxylic acids is 1. The Morgan fingerprint density at radius 2 is 2.12 bits per heavy atom. The Hall–Kier alpha value is -2.25. The zero-order valence-electron chi connectivity index (χ0n) is 13.4. The molecule has 1 fully saturated rings. The molecule has 0 N–H and O–H groups in total. The molecule has 4 rings (SSSR count). The van der Waals surface area contributed by atoms with E-state index in [4.69, 9.17) is 11.6 Å². The Labute approximate surface area is 154 Å². The molecule has 0 saturated carbocycles. The molecule has 0 spiro atoms. The highest BCUT2D eigenvalue weighted by atomic mass is 35.5. The van der Waals surface area contributed by atoms with Crippen molar-refractivity contribution in [3.8, 4) is 11.4 Å². The molecule has 0 bridgehead atoms. The molecule has 3 aromatic rings. The highest BCUT2D eigenvalue weighted by molar-refractivity contribution is 7.10. The van der Waals surface area contributed by atoms with Crippen LogP contribution in [0.5, 0.6) is 0 Å². The van der Waals surface area contributed by atoms with Gasteiger partial charge in [0, 0.05) is 22.0 Å². The summed E-state index contributed by atoms with van der Waals surface area (Å²) in [6, 6.07) is 11.5. The molecule has 128 valence electrons. The predicted octanol–water partition coefficient (Wildman–Crippen LogP) is 3.42. The Morgan fingerprint density at radius 3 is 2.88 bits per heavy atom. The van der Waals surface area contributed by atoms with Crippen molar-refractivity contribution in [1.82, 2.24) is 25.1 Å². The van der Waals surface area contributed by atoms with E-state index in [1.807, 2.05) is 28.5 Å². The number of nitrogens with zero attached hydrogens (tertiary/aromatic N) is 5. The monoisotopic (exact) mass is 373 g/mol. The second kappa shape index (κ2) is 6.93. The molecule has 0 unspecified atom stereocenters. The normalized spacial score (nSPS) is 17.2. The maximum atomic E-state index is 12.7. The zero-order valence-corrected chi connectivity index (χ0v) is 15.0. The number of aromatic nitrogens is 4. The zero-order chi connectivity index (χ0) is 17.2. The Bertz CT molecular complexity index is 862. The number of hydrogen-bond donors (Lipinski definition) is 0. The van der Waals surface area contributed by atoms with E-state index in [1.165, 1.54) is 9.67 Å². The first-order chi connectivity index (χ1) is 12.2. The summed E-state index contributed by atoms with van der Waals surface area (Å²) in [5.41, 5.74) is 0.820. The first-order valence-corrected chi connectivity index (χ1v) is 9.33. The molecular weight excluding hydrogens is 358 g/mol. The summed E-state index contributed by atoms with van der Waals surface area (Å²) in [6.45, 7) is 0.878. The lowest BCUT2D eigenvalue weighted by Crippen LogP contribution is -2.33. The minimum Gasteiger partial charge on any atom is -0.333 e. The van der Waals surface area contributed by atoms with Crippen LogP contribution in [0.4, 0.5) is 0 Å². The Balaban J connectivity index is 1.47. The van der Waals surface area contributed by atoms with Crippen LogP contribution in [-0.2, 0) is 11.3 Å². The lowest BCUT2D eigenvalue weighted by Gasteiger charge is -2.23. The standard InChI is InChI=1S/C17H16ClN5OS/c18-13-7-5-12(6-8-13)17-19-21-23(20-17)11-16(24)22-9-1-3-14(22)15-4-2-10-25-15/h2,4-8,10,14H,1,3,9,11H2/t14-/m0/s1. The average Bonchev–Trinajstić information content (AvgIpc) is 3.36. The van der Waals surface area contributed by atoms with Gasteiger partial charge in [-0.2, -0.15) is 4.80 Å². The molecule has 1 amide bonds. The van der Waals surface area contributed by atoms with Crippen molar-refractivity contribution in [3.05, 3.63) is 51.7 Å². The number of rotatable bonds is 4. The topological polar surface area (TPSA) is 63.9 Å². The van der Waals surface area contributed by atoms with Gasteiger partial charge < -0.3 is 4.90 Å². The molecular formula is C17H16ClN5OS. The third kappa shape index (κ3) is 3.43. The third-order valence-electron chi connectivity index (χ3n) is 4.28. The van der Waals surface area contributed by atoms with Gasteiger partial charge in [0.05, 0.1) is 6.04 Å². The van der Waals surface area contributed by atoms with E-state index in [0.29, 0.717) is 10.8 Å². The average molecular weight is 374 g/mol. The number of tetrazole rings is 1. The van der Waals surface area contributed by atoms with Crippen LogP contribution >= 0.6 is 22.9 Å². The van der Waals surface area contributed by atoms with Crippen LogP contribution < -0.4 is 0 Å². The van der Waals surface area contributed by atoms with Gasteiger partial charge in [-0.15, -0.1) is 21.5 Å². The molecule has 8 heteroatoms. The van der Waals surface area contributed by atoms with E-state index in [1.54, 1.807) is 23.5 Å². The number of carbonyl (C=O) groups is 1. The third-order valence-corrected chi connectivity index (χ3v) is 5.50. The van der Waals surface area contributed by atoms with Gasteiger partial charge in [0.1, 0.15) is 6.54 Å². The van der Waals surface area contributed by atoms with Gasteiger partial charge in [-0.25, -0.2) is 0 Å². The van der Waals surface area contributed by atoms with E-state index in [0.717, 1.165) is 24.9 Å². The van der Waals surface area contributed by atoms with Gasteiger partial charge in [-0.3, -0.25) is 4.79 Å². The van der Waals surface area contributed by atoms with Crippen molar-refractivity contribution in [1.29, 1.82) is 0 Å². The number of halogens is 1. The Morgan fingerprint density at radius 1 is 1.28 bits per heavy atom. The van der Waals surface area contributed by atoms with E-state index in [-0.39, 0.29) is 18.5 Å². The minimum atomic E-state index is 0.0240. The molecule has 1 aliphatic heterocycles. The SMILES string of the molecule is O=C(Cn1nnc(-c2ccc(Cl)cc2)n1)N1CCC[C@H]1c1cccs1. The quantitative estimate of drug-likeness (QED) is 0.703. The Kier molecular flexibility index (Phi) is 4.50. The fourth-order valence-corrected chi connectivity index (χ4v) is 4.08. The molecule has 0 radical (unpaired) electrons. The predicted molar refractivity (Wildman–Crippen MR) is 96.3 cm³/mol. The number of likely N-dealkylation sites (tertiary alicyclic amines) is 1. The van der Waals surface area contributed by atoms with Crippen molar-refractivity contribution in [2.45, 2.75) is 25.4 Å². The van der Waals surface area contributed by atoms with Gasteiger partial charge in [0.15, 0.2) is 0 Å². The fourth-order valence-electron chi connectivity index (χ4n) is 3.08. The van der Waals surface area contributed by atoms with E-state index in [2.05, 4.69) is 21.5 Å². The summed E-state index contributed by atoms with van der Waals surface area (Å²) < 4.78 is 0. The maximum absolute atomic E-state index is 12.7. The number of hydrogen-bond acceptors (Lipinski definition) is 5. The van der Waals surface area contributed by atoms with E-state index >= 15 is 0 Å². The lowest BCUT2D eigenvalue weighted by atomic mass is 10.2. The van der Waals surface area contributed by atoms with Crippen LogP contribution in [0.25, 0.3) is 11.4 Å². The van der Waals surface area contributed by atoms with Crippen molar-refractivity contribution < 1.29 is 4.79 Å². The van der Waals surface area contributed by atoms with Gasteiger partial charge in [-0.05, 0) is 53.8 Å². The van der Waals surface area contributed by atoms with Crippen LogP contribution in [-0.4, -0.2) is 37.6 Å². The molecule has 1 aromatic carbocycles. The summed E-state index contributed by atoms with van der Waals surface area (Å²) in [5.74, 6) is 0.511. The van der Waals surface area contributed by atoms with Gasteiger partial charge in [0.2, 0.25) is 11.7 Å².